The molecule has 1 unspecified atom stereocenters. The van der Waals surface area contributed by atoms with Crippen molar-refractivity contribution in [3.8, 4) is 0 Å². The molecule has 14 heavy (non-hydrogen) atoms. The van der Waals surface area contributed by atoms with E-state index in [0.717, 1.165) is 6.54 Å². The number of carbonyl (C=O) groups excluding carboxylic acids is 1. The van der Waals surface area contributed by atoms with Crippen molar-refractivity contribution >= 4 is 17.5 Å². The van der Waals surface area contributed by atoms with Crippen LogP contribution < -0.4 is 5.32 Å². The third-order valence-electron chi connectivity index (χ3n) is 2.13. The Morgan fingerprint density at radius 1 is 1.64 bits per heavy atom. The molecule has 2 N–H and O–H groups in total. The molecule has 0 aliphatic heterocycles. The third-order valence-corrected chi connectivity index (χ3v) is 2.38. The quantitative estimate of drug-likeness (QED) is 0.599. The molecule has 0 saturated heterocycles. The lowest BCUT2D eigenvalue weighted by Gasteiger charge is -2.26. The van der Waals surface area contributed by atoms with Gasteiger partial charge in [0.05, 0.1) is 6.61 Å². The lowest BCUT2D eigenvalue weighted by molar-refractivity contribution is -0.118. The van der Waals surface area contributed by atoms with Crippen molar-refractivity contribution in [3.63, 3.8) is 0 Å². The zero-order valence-corrected chi connectivity index (χ0v) is 9.55. The molecule has 1 atom stereocenters. The van der Waals surface area contributed by atoms with E-state index in [-0.39, 0.29) is 24.4 Å². The molecule has 0 aromatic carbocycles. The normalized spacial score (nSPS) is 12.9. The fraction of sp³-hybridized carbons (Fsp3) is 0.889. The summed E-state index contributed by atoms with van der Waals surface area (Å²) < 4.78 is 0. The van der Waals surface area contributed by atoms with Crippen LogP contribution in [0.25, 0.3) is 0 Å². The van der Waals surface area contributed by atoms with Crippen LogP contribution in [0.1, 0.15) is 13.8 Å². The van der Waals surface area contributed by atoms with Gasteiger partial charge in [0.15, 0.2) is 0 Å². The van der Waals surface area contributed by atoms with Crippen LogP contribution in [0, 0.1) is 0 Å². The summed E-state index contributed by atoms with van der Waals surface area (Å²) in [7, 11) is 0. The van der Waals surface area contributed by atoms with Crippen LogP contribution in [0.3, 0.4) is 0 Å². The lowest BCUT2D eigenvalue weighted by Crippen LogP contribution is -2.43. The Morgan fingerprint density at radius 3 is 2.71 bits per heavy atom. The number of hydrogen-bond donors (Lipinski definition) is 2. The van der Waals surface area contributed by atoms with Crippen molar-refractivity contribution in [3.05, 3.63) is 0 Å². The second-order valence-electron chi connectivity index (χ2n) is 3.14. The molecule has 1 amide bonds. The zero-order valence-electron chi connectivity index (χ0n) is 8.79. The molecule has 0 heterocycles. The first-order chi connectivity index (χ1) is 6.65. The average Bonchev–Trinajstić information content (AvgIpc) is 2.21. The smallest absolute Gasteiger partial charge is 0.234 e. The standard InChI is InChI=1S/C9H19ClN2O2/c1-3-12(4-5-13)8(2)7-11-9(14)6-10/h8,13H,3-7H2,1-2H3,(H,11,14). The average molecular weight is 223 g/mol. The highest BCUT2D eigenvalue weighted by Crippen LogP contribution is 1.96. The van der Waals surface area contributed by atoms with E-state index >= 15 is 0 Å². The summed E-state index contributed by atoms with van der Waals surface area (Å²) in [5, 5.41) is 11.5. The Labute approximate surface area is 90.2 Å². The molecular formula is C9H19ClN2O2. The van der Waals surface area contributed by atoms with Crippen molar-refractivity contribution in [2.75, 3.05) is 32.1 Å². The van der Waals surface area contributed by atoms with Gasteiger partial charge in [-0.15, -0.1) is 11.6 Å². The van der Waals surface area contributed by atoms with Crippen LogP contribution in [-0.2, 0) is 4.79 Å². The summed E-state index contributed by atoms with van der Waals surface area (Å²) in [6.45, 7) is 6.23. The summed E-state index contributed by atoms with van der Waals surface area (Å²) >= 11 is 5.34. The van der Waals surface area contributed by atoms with E-state index in [1.54, 1.807) is 0 Å². The molecular weight excluding hydrogens is 204 g/mol. The van der Waals surface area contributed by atoms with Crippen LogP contribution in [0.4, 0.5) is 0 Å². The highest BCUT2D eigenvalue weighted by Gasteiger charge is 2.11. The number of nitrogens with zero attached hydrogens (tertiary/aromatic N) is 1. The second-order valence-corrected chi connectivity index (χ2v) is 3.41. The topological polar surface area (TPSA) is 52.6 Å². The third kappa shape index (κ3) is 5.42. The first kappa shape index (κ1) is 13.7. The molecule has 0 rings (SSSR count). The van der Waals surface area contributed by atoms with E-state index < -0.39 is 0 Å². The molecule has 0 saturated carbocycles. The number of nitrogens with one attached hydrogen (secondary N) is 1. The Morgan fingerprint density at radius 2 is 2.29 bits per heavy atom. The maximum Gasteiger partial charge on any atom is 0.234 e. The van der Waals surface area contributed by atoms with Gasteiger partial charge in [-0.2, -0.15) is 0 Å². The summed E-state index contributed by atoms with van der Waals surface area (Å²) in [5.41, 5.74) is 0. The second kappa shape index (κ2) is 8.03. The predicted octanol–water partition coefficient (Wildman–Crippen LogP) is 0.0441. The van der Waals surface area contributed by atoms with Crippen molar-refractivity contribution in [2.24, 2.45) is 0 Å². The zero-order chi connectivity index (χ0) is 11.0. The molecule has 0 radical (unpaired) electrons. The van der Waals surface area contributed by atoms with Crippen LogP contribution in [0.5, 0.6) is 0 Å². The number of hydrogen-bond acceptors (Lipinski definition) is 3. The minimum Gasteiger partial charge on any atom is -0.395 e. The summed E-state index contributed by atoms with van der Waals surface area (Å²) in [4.78, 5) is 13.0. The van der Waals surface area contributed by atoms with Crippen molar-refractivity contribution in [1.82, 2.24) is 10.2 Å². The minimum absolute atomic E-state index is 0.00115. The number of likely N-dealkylation sites (N-methyl/N-ethyl adjacent to an activating group) is 1. The number of alkyl halides is 1. The Hall–Kier alpha value is -0.320. The van der Waals surface area contributed by atoms with Crippen molar-refractivity contribution < 1.29 is 9.90 Å². The SMILES string of the molecule is CCN(CCO)C(C)CNC(=O)CCl. The van der Waals surface area contributed by atoms with Gasteiger partial charge in [-0.25, -0.2) is 0 Å². The van der Waals surface area contributed by atoms with Crippen LogP contribution >= 0.6 is 11.6 Å². The Kier molecular flexibility index (Phi) is 7.84. The molecule has 84 valence electrons. The van der Waals surface area contributed by atoms with Crippen molar-refractivity contribution in [2.45, 2.75) is 19.9 Å². The fourth-order valence-electron chi connectivity index (χ4n) is 1.26. The molecule has 0 bridgehead atoms. The molecule has 4 nitrogen and oxygen atoms in total. The predicted molar refractivity (Wildman–Crippen MR) is 57.5 cm³/mol. The van der Waals surface area contributed by atoms with E-state index in [1.165, 1.54) is 0 Å². The highest BCUT2D eigenvalue weighted by atomic mass is 35.5. The number of halogens is 1. The molecule has 0 spiro atoms. The monoisotopic (exact) mass is 222 g/mol. The Bertz CT molecular complexity index is 167. The van der Waals surface area contributed by atoms with E-state index in [2.05, 4.69) is 10.2 Å². The maximum atomic E-state index is 10.9. The summed E-state index contributed by atoms with van der Waals surface area (Å²) in [5.74, 6) is -0.155. The summed E-state index contributed by atoms with van der Waals surface area (Å²) in [6.07, 6.45) is 0. The van der Waals surface area contributed by atoms with Gasteiger partial charge in [-0.3, -0.25) is 9.69 Å². The van der Waals surface area contributed by atoms with E-state index in [4.69, 9.17) is 16.7 Å². The first-order valence-electron chi connectivity index (χ1n) is 4.83. The number of aliphatic hydroxyl groups is 1. The number of amides is 1. The molecule has 0 aliphatic rings. The molecule has 0 fully saturated rings. The fourth-order valence-corrected chi connectivity index (χ4v) is 1.35. The highest BCUT2D eigenvalue weighted by molar-refractivity contribution is 6.27. The van der Waals surface area contributed by atoms with Gasteiger partial charge in [-0.05, 0) is 13.5 Å². The van der Waals surface area contributed by atoms with Crippen LogP contribution in [0.2, 0.25) is 0 Å². The minimum atomic E-state index is -0.154. The van der Waals surface area contributed by atoms with Gasteiger partial charge in [0, 0.05) is 19.1 Å². The largest absolute Gasteiger partial charge is 0.395 e. The molecule has 5 heteroatoms. The first-order valence-corrected chi connectivity index (χ1v) is 5.36. The maximum absolute atomic E-state index is 10.9. The van der Waals surface area contributed by atoms with Gasteiger partial charge < -0.3 is 10.4 Å². The van der Waals surface area contributed by atoms with Crippen LogP contribution in [-0.4, -0.2) is 54.1 Å². The van der Waals surface area contributed by atoms with Gasteiger partial charge in [0.2, 0.25) is 5.91 Å². The Balaban J connectivity index is 3.79. The number of carbonyl (C=O) groups is 1. The summed E-state index contributed by atoms with van der Waals surface area (Å²) in [6, 6.07) is 0.222. The van der Waals surface area contributed by atoms with Gasteiger partial charge in [-0.1, -0.05) is 6.92 Å². The van der Waals surface area contributed by atoms with E-state index in [9.17, 15) is 4.79 Å². The van der Waals surface area contributed by atoms with Crippen LogP contribution in [0.15, 0.2) is 0 Å². The number of aliphatic hydroxyl groups excluding tert-OH is 1. The van der Waals surface area contributed by atoms with Gasteiger partial charge in [0.25, 0.3) is 0 Å². The van der Waals surface area contributed by atoms with E-state index in [1.807, 2.05) is 13.8 Å². The van der Waals surface area contributed by atoms with Gasteiger partial charge >= 0.3 is 0 Å². The van der Waals surface area contributed by atoms with Crippen molar-refractivity contribution in [1.29, 1.82) is 0 Å². The molecule has 0 aromatic rings. The van der Waals surface area contributed by atoms with E-state index in [0.29, 0.717) is 13.1 Å². The molecule has 0 aromatic heterocycles. The molecule has 0 aliphatic carbocycles. The van der Waals surface area contributed by atoms with Gasteiger partial charge in [0.1, 0.15) is 5.88 Å². The lowest BCUT2D eigenvalue weighted by atomic mass is 10.2. The number of rotatable bonds is 7.